The number of anilines is 2. The summed E-state index contributed by atoms with van der Waals surface area (Å²) in [6.07, 6.45) is -1.02. The van der Waals surface area contributed by atoms with Crippen LogP contribution >= 0.6 is 0 Å². The maximum absolute atomic E-state index is 13.7. The summed E-state index contributed by atoms with van der Waals surface area (Å²) in [5.74, 6) is -0.584. The fourth-order valence-electron chi connectivity index (χ4n) is 4.23. The number of alkyl halides is 3. The van der Waals surface area contributed by atoms with E-state index in [9.17, 15) is 22.2 Å². The summed E-state index contributed by atoms with van der Waals surface area (Å²) < 4.78 is 64.1. The number of nitrogens with zero attached hydrogens (tertiary/aromatic N) is 4. The Hall–Kier alpha value is -3.75. The Bertz CT molecular complexity index is 1410. The number of benzene rings is 2. The van der Waals surface area contributed by atoms with Gasteiger partial charge in [-0.25, -0.2) is 13.5 Å². The zero-order valence-corrected chi connectivity index (χ0v) is 28.5. The molecule has 0 saturated heterocycles. The fraction of sp³-hybridized carbons (Fsp3) is 0.469. The van der Waals surface area contributed by atoms with Crippen molar-refractivity contribution in [3.05, 3.63) is 70.9 Å². The Balaban J connectivity index is 0.000000826. The van der Waals surface area contributed by atoms with Crippen LogP contribution in [-0.4, -0.2) is 90.0 Å². The van der Waals surface area contributed by atoms with Crippen LogP contribution in [0.15, 0.2) is 48.7 Å². The molecular weight excluding hydrogens is 621 g/mol. The van der Waals surface area contributed by atoms with Crippen molar-refractivity contribution < 1.29 is 31.6 Å². The van der Waals surface area contributed by atoms with Gasteiger partial charge in [0.15, 0.2) is 0 Å². The van der Waals surface area contributed by atoms with Crippen molar-refractivity contribution in [3.63, 3.8) is 0 Å². The molecule has 0 aliphatic heterocycles. The van der Waals surface area contributed by atoms with E-state index < -0.39 is 34.7 Å². The number of nitrogens with one attached hydrogen (secondary N) is 2. The number of rotatable bonds is 11. The van der Waals surface area contributed by atoms with E-state index in [4.69, 9.17) is 9.47 Å². The topological polar surface area (TPSA) is 109 Å². The minimum absolute atomic E-state index is 0.0947. The second-order valence-corrected chi connectivity index (χ2v) is 12.1. The lowest BCUT2D eigenvalue weighted by Gasteiger charge is -2.18. The van der Waals surface area contributed by atoms with E-state index >= 15 is 0 Å². The minimum atomic E-state index is -4.68. The summed E-state index contributed by atoms with van der Waals surface area (Å²) in [4.78, 5) is 22.4. The predicted molar refractivity (Wildman–Crippen MR) is 176 cm³/mol. The van der Waals surface area contributed by atoms with Crippen molar-refractivity contribution in [1.29, 1.82) is 0 Å². The molecule has 2 N–H and O–H groups in total. The van der Waals surface area contributed by atoms with Crippen LogP contribution in [0.2, 0.25) is 0 Å². The summed E-state index contributed by atoms with van der Waals surface area (Å²) in [7, 11) is 8.11. The molecule has 0 bridgehead atoms. The molecule has 46 heavy (non-hydrogen) atoms. The van der Waals surface area contributed by atoms with Crippen molar-refractivity contribution in [3.8, 4) is 11.6 Å². The monoisotopic (exact) mass is 666 g/mol. The van der Waals surface area contributed by atoms with Gasteiger partial charge < -0.3 is 25.0 Å². The highest BCUT2D eigenvalue weighted by Crippen LogP contribution is 2.37. The molecule has 254 valence electrons. The number of hydrogen-bond donors (Lipinski definition) is 2. The summed E-state index contributed by atoms with van der Waals surface area (Å²) in [5, 5.41) is 5.74. The highest BCUT2D eigenvalue weighted by molar-refractivity contribution is 7.81. The third-order valence-electron chi connectivity index (χ3n) is 6.64. The lowest BCUT2D eigenvalue weighted by Crippen LogP contribution is -2.27. The molecule has 1 aliphatic rings. The van der Waals surface area contributed by atoms with Crippen LogP contribution in [0.4, 0.5) is 24.8 Å². The molecule has 1 unspecified atom stereocenters. The Morgan fingerprint density at radius 3 is 2.20 bits per heavy atom. The van der Waals surface area contributed by atoms with Gasteiger partial charge in [-0.2, -0.15) is 18.2 Å². The third kappa shape index (κ3) is 11.9. The molecule has 0 spiro atoms. The first-order valence-corrected chi connectivity index (χ1v) is 16.4. The van der Waals surface area contributed by atoms with E-state index in [0.29, 0.717) is 42.6 Å². The van der Waals surface area contributed by atoms with E-state index in [1.807, 2.05) is 57.1 Å². The zero-order valence-electron chi connectivity index (χ0n) is 27.7. The van der Waals surface area contributed by atoms with Gasteiger partial charge in [0, 0.05) is 37.4 Å². The molecule has 1 aliphatic carbocycles. The smallest absolute Gasteiger partial charge is 0.423 e. The molecular formula is C32H45F3N6O4S. The number of methoxy groups -OCH3 is 1. The number of halogens is 3. The number of aromatic nitrogens is 2. The number of ether oxygens (including phenoxy) is 2. The normalized spacial score (nSPS) is 13.2. The van der Waals surface area contributed by atoms with Gasteiger partial charge >= 0.3 is 6.18 Å². The Morgan fingerprint density at radius 2 is 1.67 bits per heavy atom. The van der Waals surface area contributed by atoms with Crippen molar-refractivity contribution in [2.24, 2.45) is 0 Å². The van der Waals surface area contributed by atoms with Crippen LogP contribution in [0, 0.1) is 0 Å². The Labute approximate surface area is 272 Å². The molecule has 0 fully saturated rings. The Kier molecular flexibility index (Phi) is 15.4. The number of amides is 1. The average molecular weight is 667 g/mol. The SMILES string of the molecule is CC.CN(C)S(C)=O.COc1cc(C(=O)NCCCN(C)C)ccc1Nc1ncc(C(F)(F)F)c(OC2Cc3ccccc3C2)n1. The lowest BCUT2D eigenvalue weighted by molar-refractivity contribution is -0.139. The molecule has 1 amide bonds. The van der Waals surface area contributed by atoms with Gasteiger partial charge in [-0.05, 0) is 70.5 Å². The van der Waals surface area contributed by atoms with E-state index in [-0.39, 0.29) is 11.9 Å². The molecule has 1 heterocycles. The molecule has 0 radical (unpaired) electrons. The highest BCUT2D eigenvalue weighted by Gasteiger charge is 2.37. The van der Waals surface area contributed by atoms with E-state index in [1.54, 1.807) is 42.9 Å². The molecule has 14 heteroatoms. The van der Waals surface area contributed by atoms with Crippen molar-refractivity contribution in [1.82, 2.24) is 24.5 Å². The second-order valence-electron chi connectivity index (χ2n) is 10.5. The minimum Gasteiger partial charge on any atom is -0.495 e. The van der Waals surface area contributed by atoms with Crippen molar-refractivity contribution >= 4 is 28.5 Å². The van der Waals surface area contributed by atoms with E-state index in [0.717, 1.165) is 24.1 Å². The van der Waals surface area contributed by atoms with E-state index in [2.05, 4.69) is 20.6 Å². The fourth-order valence-corrected chi connectivity index (χ4v) is 4.23. The molecule has 1 aromatic heterocycles. The molecule has 10 nitrogen and oxygen atoms in total. The molecule has 4 rings (SSSR count). The van der Waals surface area contributed by atoms with Gasteiger partial charge in [0.2, 0.25) is 11.8 Å². The molecule has 1 atom stereocenters. The first-order valence-electron chi connectivity index (χ1n) is 14.8. The van der Waals surface area contributed by atoms with Crippen LogP contribution < -0.4 is 20.1 Å². The highest BCUT2D eigenvalue weighted by atomic mass is 32.2. The quantitative estimate of drug-likeness (QED) is 0.264. The largest absolute Gasteiger partial charge is 0.495 e. The predicted octanol–water partition coefficient (Wildman–Crippen LogP) is 5.34. The zero-order chi connectivity index (χ0) is 34.4. The standard InChI is InChI=1S/C27H30F3N5O3.C3H9NOS.C2H6/c1-35(2)12-6-11-31-24(36)19-9-10-22(23(15-19)37-3)33-26-32-16-21(27(28,29)30)25(34-26)38-20-13-17-7-4-5-8-18(17)14-20;1-4(2)6(3)5;1-2/h4-5,7-10,15-16,20H,6,11-14H2,1-3H3,(H,31,36)(H,32,33,34);1-3H3;1-2H3. The maximum atomic E-state index is 13.7. The summed E-state index contributed by atoms with van der Waals surface area (Å²) in [5.41, 5.74) is 1.81. The van der Waals surface area contributed by atoms with Gasteiger partial charge in [0.25, 0.3) is 5.91 Å². The number of fused-ring (bicyclic) bond motifs is 1. The molecule has 2 aromatic carbocycles. The summed E-state index contributed by atoms with van der Waals surface area (Å²) >= 11 is 0. The van der Waals surface area contributed by atoms with Crippen LogP contribution in [0.5, 0.6) is 11.6 Å². The van der Waals surface area contributed by atoms with Gasteiger partial charge in [0.05, 0.1) is 23.8 Å². The summed E-state index contributed by atoms with van der Waals surface area (Å²) in [6, 6.07) is 12.4. The maximum Gasteiger partial charge on any atom is 0.423 e. The van der Waals surface area contributed by atoms with Crippen molar-refractivity contribution in [2.75, 3.05) is 60.0 Å². The van der Waals surface area contributed by atoms with Gasteiger partial charge in [-0.3, -0.25) is 4.79 Å². The molecule has 0 saturated carbocycles. The average Bonchev–Trinajstić information content (AvgIpc) is 3.42. The van der Waals surface area contributed by atoms with Crippen LogP contribution in [0.25, 0.3) is 0 Å². The second kappa shape index (κ2) is 18.4. The van der Waals surface area contributed by atoms with Crippen LogP contribution in [-0.2, 0) is 30.0 Å². The van der Waals surface area contributed by atoms with Crippen LogP contribution in [0.1, 0.15) is 47.3 Å². The molecule has 3 aromatic rings. The first-order chi connectivity index (χ1) is 21.8. The van der Waals surface area contributed by atoms with E-state index in [1.165, 1.54) is 7.11 Å². The number of hydrogen-bond acceptors (Lipinski definition) is 8. The number of carbonyl (C=O) groups is 1. The Morgan fingerprint density at radius 1 is 1.07 bits per heavy atom. The lowest BCUT2D eigenvalue weighted by atomic mass is 10.1. The van der Waals surface area contributed by atoms with Gasteiger partial charge in [-0.1, -0.05) is 38.1 Å². The summed E-state index contributed by atoms with van der Waals surface area (Å²) in [6.45, 7) is 5.37. The first kappa shape index (κ1) is 38.4. The van der Waals surface area contributed by atoms with Gasteiger partial charge in [-0.15, -0.1) is 0 Å². The number of carbonyl (C=O) groups excluding carboxylic acids is 1. The van der Waals surface area contributed by atoms with Gasteiger partial charge in [0.1, 0.15) is 17.4 Å². The van der Waals surface area contributed by atoms with Crippen LogP contribution in [0.3, 0.4) is 0 Å². The van der Waals surface area contributed by atoms with Crippen molar-refractivity contribution in [2.45, 2.75) is 45.4 Å². The third-order valence-corrected chi connectivity index (χ3v) is 7.67.